The van der Waals surface area contributed by atoms with Crippen LogP contribution >= 0.6 is 16.1 Å². The smallest absolute Gasteiger partial charge is 0.205 e. The summed E-state index contributed by atoms with van der Waals surface area (Å²) in [5, 5.41) is 0. The maximum Gasteiger partial charge on any atom is 0.205 e. The van der Waals surface area contributed by atoms with Gasteiger partial charge in [0.25, 0.3) is 0 Å². The molecule has 0 radical (unpaired) electrons. The van der Waals surface area contributed by atoms with E-state index in [0.717, 1.165) is 5.96 Å². The fourth-order valence-electron chi connectivity index (χ4n) is 0.613. The summed E-state index contributed by atoms with van der Waals surface area (Å²) in [5.74, 6) is 0.898. The molecule has 0 N–H and O–H groups in total. The van der Waals surface area contributed by atoms with Crippen LogP contribution in [-0.2, 0) is 0 Å². The summed E-state index contributed by atoms with van der Waals surface area (Å²) in [7, 11) is 7.54. The predicted octanol–water partition coefficient (Wildman–Crippen LogP) is 0.775. The number of hydrogen-bond acceptors (Lipinski definition) is 1. The largest absolute Gasteiger partial charge is 0.348 e. The van der Waals surface area contributed by atoms with Gasteiger partial charge in [-0.25, -0.2) is 0 Å². The van der Waals surface area contributed by atoms with Crippen LogP contribution in [-0.4, -0.2) is 43.0 Å². The Morgan fingerprint density at radius 3 is 1.78 bits per heavy atom. The van der Waals surface area contributed by atoms with Crippen molar-refractivity contribution in [2.75, 3.05) is 28.2 Å². The van der Waals surface area contributed by atoms with Crippen molar-refractivity contribution in [3.05, 3.63) is 0 Å². The molecule has 0 heterocycles. The van der Waals surface area contributed by atoms with Crippen molar-refractivity contribution in [3.63, 3.8) is 0 Å². The average molecular weight is 194 g/mol. The summed E-state index contributed by atoms with van der Waals surface area (Å²) in [4.78, 5) is 5.93. The van der Waals surface area contributed by atoms with Gasteiger partial charge in [0.05, 0.1) is 16.1 Å². The first kappa shape index (κ1) is 8.75. The highest BCUT2D eigenvalue weighted by Gasteiger charge is 2.01. The molecular formula is C5H12BrN3. The maximum atomic E-state index is 4.01. The van der Waals surface area contributed by atoms with Crippen LogP contribution in [0.2, 0.25) is 0 Å². The second-order valence-electron chi connectivity index (χ2n) is 1.90. The molecule has 3 nitrogen and oxygen atoms in total. The van der Waals surface area contributed by atoms with Crippen molar-refractivity contribution >= 4 is 22.1 Å². The standard InChI is InChI=1S/C5H12BrN3/c1-7-5(8(2)3)9(4)6/h1-4H3. The Hall–Kier alpha value is -0.250. The summed E-state index contributed by atoms with van der Waals surface area (Å²) in [5.41, 5.74) is 0. The van der Waals surface area contributed by atoms with E-state index in [4.69, 9.17) is 0 Å². The van der Waals surface area contributed by atoms with Crippen LogP contribution in [0.3, 0.4) is 0 Å². The molecule has 0 atom stereocenters. The Kier molecular flexibility index (Phi) is 3.61. The second kappa shape index (κ2) is 3.71. The Morgan fingerprint density at radius 1 is 1.33 bits per heavy atom. The molecule has 4 heteroatoms. The highest BCUT2D eigenvalue weighted by molar-refractivity contribution is 9.07. The summed E-state index contributed by atoms with van der Waals surface area (Å²) in [6, 6.07) is 0. The predicted molar refractivity (Wildman–Crippen MR) is 43.7 cm³/mol. The molecular weight excluding hydrogens is 182 g/mol. The van der Waals surface area contributed by atoms with E-state index in [-0.39, 0.29) is 0 Å². The number of guanidine groups is 1. The van der Waals surface area contributed by atoms with Crippen LogP contribution in [0.1, 0.15) is 0 Å². The molecule has 0 aromatic carbocycles. The van der Waals surface area contributed by atoms with E-state index in [1.165, 1.54) is 0 Å². The van der Waals surface area contributed by atoms with Gasteiger partial charge in [-0.3, -0.25) is 8.92 Å². The Labute approximate surface area is 64.7 Å². The highest BCUT2D eigenvalue weighted by Crippen LogP contribution is 1.96. The lowest BCUT2D eigenvalue weighted by atomic mass is 10.8. The molecule has 0 bridgehead atoms. The average Bonchev–Trinajstić information content (AvgIpc) is 1.64. The van der Waals surface area contributed by atoms with Gasteiger partial charge in [-0.1, -0.05) is 0 Å². The van der Waals surface area contributed by atoms with Gasteiger partial charge in [-0.05, 0) is 0 Å². The van der Waals surface area contributed by atoms with Crippen molar-refractivity contribution in [1.82, 2.24) is 8.83 Å². The normalized spacial score (nSPS) is 11.4. The van der Waals surface area contributed by atoms with Gasteiger partial charge in [0.15, 0.2) is 0 Å². The summed E-state index contributed by atoms with van der Waals surface area (Å²) in [6.45, 7) is 0. The minimum Gasteiger partial charge on any atom is -0.348 e. The van der Waals surface area contributed by atoms with E-state index in [1.807, 2.05) is 26.0 Å². The zero-order chi connectivity index (χ0) is 7.44. The van der Waals surface area contributed by atoms with E-state index in [9.17, 15) is 0 Å². The molecule has 0 spiro atoms. The molecule has 0 saturated carbocycles. The first-order valence-electron chi connectivity index (χ1n) is 2.63. The Morgan fingerprint density at radius 2 is 1.78 bits per heavy atom. The van der Waals surface area contributed by atoms with E-state index in [1.54, 1.807) is 11.0 Å². The molecule has 0 aromatic heterocycles. The maximum absolute atomic E-state index is 4.01. The second-order valence-corrected chi connectivity index (χ2v) is 2.96. The monoisotopic (exact) mass is 193 g/mol. The van der Waals surface area contributed by atoms with Crippen molar-refractivity contribution in [2.24, 2.45) is 4.99 Å². The third-order valence-electron chi connectivity index (χ3n) is 0.876. The summed E-state index contributed by atoms with van der Waals surface area (Å²) >= 11 is 3.26. The van der Waals surface area contributed by atoms with Crippen molar-refractivity contribution in [1.29, 1.82) is 0 Å². The third kappa shape index (κ3) is 2.70. The number of rotatable bonds is 0. The van der Waals surface area contributed by atoms with Gasteiger partial charge in [0.2, 0.25) is 5.96 Å². The van der Waals surface area contributed by atoms with Crippen LogP contribution < -0.4 is 0 Å². The molecule has 0 rings (SSSR count). The molecule has 54 valence electrons. The number of nitrogens with zero attached hydrogens (tertiary/aromatic N) is 3. The molecule has 0 aliphatic carbocycles. The summed E-state index contributed by atoms with van der Waals surface area (Å²) < 4.78 is 1.78. The van der Waals surface area contributed by atoms with Crippen LogP contribution in [0, 0.1) is 0 Å². The van der Waals surface area contributed by atoms with Gasteiger partial charge >= 0.3 is 0 Å². The molecule has 0 unspecified atom stereocenters. The zero-order valence-corrected chi connectivity index (χ0v) is 7.81. The fourth-order valence-corrected chi connectivity index (χ4v) is 1.09. The number of halogens is 1. The van der Waals surface area contributed by atoms with Crippen molar-refractivity contribution in [3.8, 4) is 0 Å². The van der Waals surface area contributed by atoms with E-state index >= 15 is 0 Å². The third-order valence-corrected chi connectivity index (χ3v) is 1.19. The molecule has 0 saturated heterocycles. The SMILES string of the molecule is CN=C(N(C)C)N(C)Br. The lowest BCUT2D eigenvalue weighted by Crippen LogP contribution is -2.31. The van der Waals surface area contributed by atoms with E-state index in [0.29, 0.717) is 0 Å². The van der Waals surface area contributed by atoms with Gasteiger partial charge in [0.1, 0.15) is 0 Å². The van der Waals surface area contributed by atoms with E-state index in [2.05, 4.69) is 21.1 Å². The molecule has 9 heavy (non-hydrogen) atoms. The number of aliphatic imine (C=N–C) groups is 1. The molecule has 0 fully saturated rings. The lowest BCUT2D eigenvalue weighted by Gasteiger charge is -2.19. The number of hydrogen-bond donors (Lipinski definition) is 0. The van der Waals surface area contributed by atoms with Crippen molar-refractivity contribution in [2.45, 2.75) is 0 Å². The van der Waals surface area contributed by atoms with E-state index < -0.39 is 0 Å². The molecule has 0 aliphatic rings. The van der Waals surface area contributed by atoms with Gasteiger partial charge < -0.3 is 4.90 Å². The van der Waals surface area contributed by atoms with Crippen molar-refractivity contribution < 1.29 is 0 Å². The minimum absolute atomic E-state index is 0.898. The molecule has 0 aromatic rings. The van der Waals surface area contributed by atoms with Crippen LogP contribution in [0.4, 0.5) is 0 Å². The quantitative estimate of drug-likeness (QED) is 0.322. The highest BCUT2D eigenvalue weighted by atomic mass is 79.9. The first-order chi connectivity index (χ1) is 4.09. The Balaban J connectivity index is 4.01. The van der Waals surface area contributed by atoms with Gasteiger partial charge in [-0.2, -0.15) is 0 Å². The zero-order valence-electron chi connectivity index (χ0n) is 6.22. The molecule has 0 aliphatic heterocycles. The minimum atomic E-state index is 0.898. The van der Waals surface area contributed by atoms with Gasteiger partial charge in [0, 0.05) is 28.2 Å². The summed E-state index contributed by atoms with van der Waals surface area (Å²) in [6.07, 6.45) is 0. The first-order valence-corrected chi connectivity index (χ1v) is 3.34. The van der Waals surface area contributed by atoms with Crippen LogP contribution in [0.5, 0.6) is 0 Å². The molecule has 0 amide bonds. The fraction of sp³-hybridized carbons (Fsp3) is 0.800. The van der Waals surface area contributed by atoms with Gasteiger partial charge in [-0.15, -0.1) is 0 Å². The Bertz CT molecular complexity index is 98.8. The van der Waals surface area contributed by atoms with Crippen LogP contribution in [0.25, 0.3) is 0 Å². The lowest BCUT2D eigenvalue weighted by molar-refractivity contribution is 0.557. The van der Waals surface area contributed by atoms with Crippen LogP contribution in [0.15, 0.2) is 4.99 Å². The topological polar surface area (TPSA) is 18.8 Å².